The van der Waals surface area contributed by atoms with Gasteiger partial charge in [0.05, 0.1) is 0 Å². The molecule has 0 spiro atoms. The Morgan fingerprint density at radius 1 is 1.29 bits per heavy atom. The smallest absolute Gasteiger partial charge is 0.431 e. The Kier molecular flexibility index (Phi) is 7.37. The number of aromatic nitrogens is 2. The predicted octanol–water partition coefficient (Wildman–Crippen LogP) is 2.08. The van der Waals surface area contributed by atoms with E-state index in [1.54, 1.807) is 26.8 Å². The topological polar surface area (TPSA) is 114 Å². The summed E-state index contributed by atoms with van der Waals surface area (Å²) in [5.41, 5.74) is 1.63. The Morgan fingerprint density at radius 2 is 2.00 bits per heavy atom. The fourth-order valence-corrected chi connectivity index (χ4v) is 1.55. The van der Waals surface area contributed by atoms with Crippen molar-refractivity contribution in [1.82, 2.24) is 20.8 Å². The molecule has 0 aliphatic rings. The second kappa shape index (κ2) is 9.02. The van der Waals surface area contributed by atoms with Gasteiger partial charge in [-0.05, 0) is 32.8 Å². The van der Waals surface area contributed by atoms with E-state index in [0.29, 0.717) is 5.82 Å². The maximum absolute atomic E-state index is 11.8. The van der Waals surface area contributed by atoms with E-state index in [0.717, 1.165) is 0 Å². The second-order valence-corrected chi connectivity index (χ2v) is 6.43. The van der Waals surface area contributed by atoms with Gasteiger partial charge in [-0.15, -0.1) is 0 Å². The fourth-order valence-electron chi connectivity index (χ4n) is 1.55. The SMILES string of the molecule is CC(C)C(CNC(=O)Nc1ccncn1)ONC(=O)OC(C)(C)C. The van der Waals surface area contributed by atoms with Gasteiger partial charge in [0.1, 0.15) is 23.9 Å². The van der Waals surface area contributed by atoms with Crippen LogP contribution in [0.5, 0.6) is 0 Å². The number of rotatable bonds is 6. The second-order valence-electron chi connectivity index (χ2n) is 6.43. The molecule has 1 unspecified atom stereocenters. The molecule has 0 fully saturated rings. The van der Waals surface area contributed by atoms with Crippen molar-refractivity contribution < 1.29 is 19.2 Å². The van der Waals surface area contributed by atoms with Gasteiger partial charge in [0.15, 0.2) is 0 Å². The van der Waals surface area contributed by atoms with Crippen LogP contribution in [-0.2, 0) is 9.57 Å². The van der Waals surface area contributed by atoms with E-state index in [-0.39, 0.29) is 12.5 Å². The molecule has 134 valence electrons. The molecule has 1 heterocycles. The molecule has 0 aromatic carbocycles. The van der Waals surface area contributed by atoms with E-state index in [2.05, 4.69) is 26.1 Å². The van der Waals surface area contributed by atoms with Crippen LogP contribution in [0, 0.1) is 5.92 Å². The van der Waals surface area contributed by atoms with E-state index in [1.165, 1.54) is 12.5 Å². The van der Waals surface area contributed by atoms with E-state index in [1.807, 2.05) is 13.8 Å². The van der Waals surface area contributed by atoms with Crippen molar-refractivity contribution in [3.63, 3.8) is 0 Å². The normalized spacial score (nSPS) is 12.4. The molecular weight excluding hydrogens is 314 g/mol. The molecular formula is C15H25N5O4. The number of hydroxylamine groups is 1. The zero-order valence-electron chi connectivity index (χ0n) is 14.6. The van der Waals surface area contributed by atoms with Gasteiger partial charge in [-0.3, -0.25) is 10.2 Å². The van der Waals surface area contributed by atoms with Crippen molar-refractivity contribution in [2.75, 3.05) is 11.9 Å². The summed E-state index contributed by atoms with van der Waals surface area (Å²) in [7, 11) is 0. The van der Waals surface area contributed by atoms with Crippen molar-refractivity contribution in [1.29, 1.82) is 0 Å². The van der Waals surface area contributed by atoms with Crippen LogP contribution in [0.3, 0.4) is 0 Å². The van der Waals surface area contributed by atoms with E-state index < -0.39 is 23.8 Å². The molecule has 0 bridgehead atoms. The van der Waals surface area contributed by atoms with Gasteiger partial charge < -0.3 is 10.1 Å². The molecule has 1 aromatic rings. The van der Waals surface area contributed by atoms with E-state index in [4.69, 9.17) is 9.57 Å². The van der Waals surface area contributed by atoms with Gasteiger partial charge in [0, 0.05) is 12.7 Å². The lowest BCUT2D eigenvalue weighted by Crippen LogP contribution is -2.43. The Bertz CT molecular complexity index is 530. The van der Waals surface area contributed by atoms with Crippen LogP contribution in [-0.4, -0.2) is 40.3 Å². The van der Waals surface area contributed by atoms with Crippen LogP contribution in [0.1, 0.15) is 34.6 Å². The first-order chi connectivity index (χ1) is 11.2. The van der Waals surface area contributed by atoms with Crippen LogP contribution in [0.2, 0.25) is 0 Å². The Hall–Kier alpha value is -2.42. The van der Waals surface area contributed by atoms with Crippen LogP contribution >= 0.6 is 0 Å². The number of anilines is 1. The minimum Gasteiger partial charge on any atom is -0.442 e. The van der Waals surface area contributed by atoms with E-state index in [9.17, 15) is 9.59 Å². The molecule has 1 aromatic heterocycles. The summed E-state index contributed by atoms with van der Waals surface area (Å²) in [6.07, 6.45) is 1.75. The summed E-state index contributed by atoms with van der Waals surface area (Å²) in [4.78, 5) is 36.4. The number of nitrogens with zero attached hydrogens (tertiary/aromatic N) is 2. The first kappa shape index (κ1) is 19.6. The van der Waals surface area contributed by atoms with Crippen LogP contribution < -0.4 is 16.1 Å². The summed E-state index contributed by atoms with van der Waals surface area (Å²) < 4.78 is 5.08. The zero-order chi connectivity index (χ0) is 18.2. The highest BCUT2D eigenvalue weighted by Gasteiger charge is 2.20. The first-order valence-electron chi connectivity index (χ1n) is 7.63. The Morgan fingerprint density at radius 3 is 2.54 bits per heavy atom. The molecule has 0 saturated carbocycles. The number of ether oxygens (including phenoxy) is 1. The number of carbonyl (C=O) groups excluding carboxylic acids is 2. The molecule has 1 atom stereocenters. The van der Waals surface area contributed by atoms with Crippen LogP contribution in [0.4, 0.5) is 15.4 Å². The number of hydrogen-bond acceptors (Lipinski definition) is 6. The third-order valence-corrected chi connectivity index (χ3v) is 2.72. The molecule has 9 heteroatoms. The summed E-state index contributed by atoms with van der Waals surface area (Å²) >= 11 is 0. The number of hydrogen-bond donors (Lipinski definition) is 3. The fraction of sp³-hybridized carbons (Fsp3) is 0.600. The van der Waals surface area contributed by atoms with Gasteiger partial charge in [-0.2, -0.15) is 5.48 Å². The van der Waals surface area contributed by atoms with Crippen LogP contribution in [0.15, 0.2) is 18.6 Å². The average Bonchev–Trinajstić information content (AvgIpc) is 2.46. The molecule has 0 aliphatic heterocycles. The van der Waals surface area contributed by atoms with Crippen molar-refractivity contribution in [3.8, 4) is 0 Å². The molecule has 24 heavy (non-hydrogen) atoms. The van der Waals surface area contributed by atoms with Gasteiger partial charge in [-0.1, -0.05) is 13.8 Å². The lowest BCUT2D eigenvalue weighted by Gasteiger charge is -2.24. The van der Waals surface area contributed by atoms with Gasteiger partial charge in [0.25, 0.3) is 0 Å². The summed E-state index contributed by atoms with van der Waals surface area (Å²) in [6, 6.07) is 1.14. The minimum atomic E-state index is -0.682. The maximum Gasteiger partial charge on any atom is 0.431 e. The third-order valence-electron chi connectivity index (χ3n) is 2.72. The largest absolute Gasteiger partial charge is 0.442 e. The monoisotopic (exact) mass is 339 g/mol. The predicted molar refractivity (Wildman–Crippen MR) is 88.1 cm³/mol. The minimum absolute atomic E-state index is 0.0549. The molecule has 9 nitrogen and oxygen atoms in total. The quantitative estimate of drug-likeness (QED) is 0.684. The van der Waals surface area contributed by atoms with Crippen molar-refractivity contribution in [3.05, 3.63) is 18.6 Å². The van der Waals surface area contributed by atoms with Gasteiger partial charge in [0.2, 0.25) is 0 Å². The standard InChI is InChI=1S/C15H25N5O4/c1-10(2)11(24-20-14(22)23-15(3,4)5)8-17-13(21)19-12-6-7-16-9-18-12/h6-7,9-11H,8H2,1-5H3,(H,20,22)(H2,16,17,18,19,21). The van der Waals surface area contributed by atoms with E-state index >= 15 is 0 Å². The maximum atomic E-state index is 11.8. The lowest BCUT2D eigenvalue weighted by atomic mass is 10.1. The number of nitrogens with one attached hydrogen (secondary N) is 3. The molecule has 3 amide bonds. The van der Waals surface area contributed by atoms with Crippen molar-refractivity contribution in [2.24, 2.45) is 5.92 Å². The molecule has 1 rings (SSSR count). The highest BCUT2D eigenvalue weighted by molar-refractivity contribution is 5.88. The van der Waals surface area contributed by atoms with Gasteiger partial charge >= 0.3 is 12.1 Å². The lowest BCUT2D eigenvalue weighted by molar-refractivity contribution is -0.0557. The number of amides is 3. The van der Waals surface area contributed by atoms with Crippen LogP contribution in [0.25, 0.3) is 0 Å². The number of carbonyl (C=O) groups is 2. The summed E-state index contributed by atoms with van der Waals surface area (Å²) in [6.45, 7) is 9.28. The molecule has 3 N–H and O–H groups in total. The third kappa shape index (κ3) is 8.28. The molecule has 0 aliphatic carbocycles. The Labute approximate surface area is 141 Å². The van der Waals surface area contributed by atoms with Crippen molar-refractivity contribution >= 4 is 17.9 Å². The highest BCUT2D eigenvalue weighted by atomic mass is 16.7. The number of urea groups is 1. The van der Waals surface area contributed by atoms with Crippen molar-refractivity contribution in [2.45, 2.75) is 46.3 Å². The molecule has 0 saturated heterocycles. The zero-order valence-corrected chi connectivity index (χ0v) is 14.6. The average molecular weight is 339 g/mol. The summed E-state index contributed by atoms with van der Waals surface area (Å²) in [5, 5.41) is 5.22. The highest BCUT2D eigenvalue weighted by Crippen LogP contribution is 2.08. The molecule has 0 radical (unpaired) electrons. The summed E-state index contributed by atoms with van der Waals surface area (Å²) in [5.74, 6) is 0.440. The Balaban J connectivity index is 2.40. The van der Waals surface area contributed by atoms with Gasteiger partial charge in [-0.25, -0.2) is 19.6 Å². The first-order valence-corrected chi connectivity index (χ1v) is 7.63.